The lowest BCUT2D eigenvalue weighted by Gasteiger charge is -2.16. The fraction of sp³-hybridized carbons (Fsp3) is 0.533. The SMILES string of the molecule is COc1ccc(C(C)C)cc1NC(=O)C(C)CCN. The van der Waals surface area contributed by atoms with Gasteiger partial charge in [-0.05, 0) is 36.6 Å². The van der Waals surface area contributed by atoms with E-state index in [1.165, 1.54) is 5.56 Å². The molecule has 1 aromatic rings. The van der Waals surface area contributed by atoms with E-state index < -0.39 is 0 Å². The van der Waals surface area contributed by atoms with Crippen molar-refractivity contribution in [3.8, 4) is 5.75 Å². The van der Waals surface area contributed by atoms with Gasteiger partial charge in [0.05, 0.1) is 12.8 Å². The number of ether oxygens (including phenoxy) is 1. The van der Waals surface area contributed by atoms with Crippen LogP contribution in [-0.2, 0) is 4.79 Å². The Kier molecular flexibility index (Phi) is 5.83. The van der Waals surface area contributed by atoms with Gasteiger partial charge in [0.25, 0.3) is 0 Å². The second kappa shape index (κ2) is 7.14. The minimum Gasteiger partial charge on any atom is -0.495 e. The van der Waals surface area contributed by atoms with E-state index in [0.717, 1.165) is 5.69 Å². The first-order chi connectivity index (χ1) is 8.99. The molecule has 1 atom stereocenters. The molecule has 0 aliphatic rings. The molecular formula is C15H24N2O2. The van der Waals surface area contributed by atoms with Crippen LogP contribution in [0.3, 0.4) is 0 Å². The summed E-state index contributed by atoms with van der Waals surface area (Å²) in [6, 6.07) is 5.87. The summed E-state index contributed by atoms with van der Waals surface area (Å²) in [4.78, 5) is 12.0. The molecular weight excluding hydrogens is 240 g/mol. The van der Waals surface area contributed by atoms with Gasteiger partial charge in [0.1, 0.15) is 5.75 Å². The van der Waals surface area contributed by atoms with Gasteiger partial charge in [-0.25, -0.2) is 0 Å². The van der Waals surface area contributed by atoms with Crippen molar-refractivity contribution in [3.05, 3.63) is 23.8 Å². The van der Waals surface area contributed by atoms with Gasteiger partial charge in [0.2, 0.25) is 5.91 Å². The number of benzene rings is 1. The molecule has 3 N–H and O–H groups in total. The van der Waals surface area contributed by atoms with Crippen LogP contribution in [0, 0.1) is 5.92 Å². The molecule has 0 aromatic heterocycles. The average molecular weight is 264 g/mol. The molecule has 1 rings (SSSR count). The molecule has 4 nitrogen and oxygen atoms in total. The number of hydrogen-bond acceptors (Lipinski definition) is 3. The molecule has 0 spiro atoms. The van der Waals surface area contributed by atoms with E-state index >= 15 is 0 Å². The van der Waals surface area contributed by atoms with Crippen molar-refractivity contribution in [1.29, 1.82) is 0 Å². The third-order valence-electron chi connectivity index (χ3n) is 3.20. The molecule has 0 heterocycles. The fourth-order valence-electron chi connectivity index (χ4n) is 1.82. The number of carbonyl (C=O) groups excluding carboxylic acids is 1. The molecule has 0 fully saturated rings. The number of carbonyl (C=O) groups is 1. The highest BCUT2D eigenvalue weighted by molar-refractivity contribution is 5.93. The first kappa shape index (κ1) is 15.5. The molecule has 19 heavy (non-hydrogen) atoms. The predicted octanol–water partition coefficient (Wildman–Crippen LogP) is 2.74. The molecule has 0 aliphatic heterocycles. The molecule has 0 saturated carbocycles. The Morgan fingerprint density at radius 3 is 2.58 bits per heavy atom. The van der Waals surface area contributed by atoms with Crippen LogP contribution < -0.4 is 15.8 Å². The summed E-state index contributed by atoms with van der Waals surface area (Å²) >= 11 is 0. The summed E-state index contributed by atoms with van der Waals surface area (Å²) in [6.45, 7) is 6.62. The number of hydrogen-bond donors (Lipinski definition) is 2. The summed E-state index contributed by atoms with van der Waals surface area (Å²) < 4.78 is 5.28. The van der Waals surface area contributed by atoms with Crippen molar-refractivity contribution in [2.24, 2.45) is 11.7 Å². The lowest BCUT2D eigenvalue weighted by atomic mass is 10.0. The van der Waals surface area contributed by atoms with Gasteiger partial charge >= 0.3 is 0 Å². The van der Waals surface area contributed by atoms with Gasteiger partial charge in [-0.15, -0.1) is 0 Å². The molecule has 1 unspecified atom stereocenters. The van der Waals surface area contributed by atoms with Crippen molar-refractivity contribution in [2.75, 3.05) is 19.0 Å². The zero-order chi connectivity index (χ0) is 14.4. The smallest absolute Gasteiger partial charge is 0.227 e. The van der Waals surface area contributed by atoms with Crippen molar-refractivity contribution in [3.63, 3.8) is 0 Å². The third-order valence-corrected chi connectivity index (χ3v) is 3.20. The van der Waals surface area contributed by atoms with Crippen LogP contribution in [0.2, 0.25) is 0 Å². The van der Waals surface area contributed by atoms with Crippen LogP contribution in [0.4, 0.5) is 5.69 Å². The minimum atomic E-state index is -0.0996. The number of nitrogens with one attached hydrogen (secondary N) is 1. The number of anilines is 1. The van der Waals surface area contributed by atoms with E-state index in [1.807, 2.05) is 25.1 Å². The highest BCUT2D eigenvalue weighted by Gasteiger charge is 2.15. The highest BCUT2D eigenvalue weighted by atomic mass is 16.5. The molecule has 1 aromatic carbocycles. The second-order valence-corrected chi connectivity index (χ2v) is 5.08. The van der Waals surface area contributed by atoms with Crippen LogP contribution in [-0.4, -0.2) is 19.6 Å². The molecule has 0 radical (unpaired) electrons. The topological polar surface area (TPSA) is 64.3 Å². The summed E-state index contributed by atoms with van der Waals surface area (Å²) in [6.07, 6.45) is 0.679. The van der Waals surface area contributed by atoms with E-state index in [9.17, 15) is 4.79 Å². The zero-order valence-electron chi connectivity index (χ0n) is 12.2. The van der Waals surface area contributed by atoms with E-state index in [0.29, 0.717) is 24.6 Å². The van der Waals surface area contributed by atoms with Gasteiger partial charge in [-0.2, -0.15) is 0 Å². The Labute approximate surface area is 115 Å². The van der Waals surface area contributed by atoms with Crippen LogP contribution in [0.5, 0.6) is 5.75 Å². The van der Waals surface area contributed by atoms with E-state index in [-0.39, 0.29) is 11.8 Å². The second-order valence-electron chi connectivity index (χ2n) is 5.08. The van der Waals surface area contributed by atoms with Crippen molar-refractivity contribution in [1.82, 2.24) is 0 Å². The third kappa shape index (κ3) is 4.24. The molecule has 0 saturated heterocycles. The summed E-state index contributed by atoms with van der Waals surface area (Å²) in [5, 5.41) is 2.92. The highest BCUT2D eigenvalue weighted by Crippen LogP contribution is 2.29. The van der Waals surface area contributed by atoms with Gasteiger partial charge in [0.15, 0.2) is 0 Å². The number of amides is 1. The number of rotatable bonds is 6. The summed E-state index contributed by atoms with van der Waals surface area (Å²) in [7, 11) is 1.60. The monoisotopic (exact) mass is 264 g/mol. The standard InChI is InChI=1S/C15H24N2O2/c1-10(2)12-5-6-14(19-4)13(9-12)17-15(18)11(3)7-8-16/h5-6,9-11H,7-8,16H2,1-4H3,(H,17,18). The lowest BCUT2D eigenvalue weighted by molar-refractivity contribution is -0.119. The Balaban J connectivity index is 2.91. The Morgan fingerprint density at radius 2 is 2.05 bits per heavy atom. The van der Waals surface area contributed by atoms with Crippen LogP contribution in [0.25, 0.3) is 0 Å². The molecule has 0 bridgehead atoms. The van der Waals surface area contributed by atoms with Crippen molar-refractivity contribution in [2.45, 2.75) is 33.1 Å². The van der Waals surface area contributed by atoms with Gasteiger partial charge in [-0.3, -0.25) is 4.79 Å². The maximum Gasteiger partial charge on any atom is 0.227 e. The van der Waals surface area contributed by atoms with E-state index in [2.05, 4.69) is 19.2 Å². The Bertz CT molecular complexity index is 430. The van der Waals surface area contributed by atoms with E-state index in [1.54, 1.807) is 7.11 Å². The zero-order valence-corrected chi connectivity index (χ0v) is 12.2. The Morgan fingerprint density at radius 1 is 1.37 bits per heavy atom. The average Bonchev–Trinajstić information content (AvgIpc) is 2.38. The molecule has 4 heteroatoms. The minimum absolute atomic E-state index is 0.0235. The van der Waals surface area contributed by atoms with Gasteiger partial charge in [-0.1, -0.05) is 26.8 Å². The normalized spacial score (nSPS) is 12.3. The molecule has 106 valence electrons. The predicted molar refractivity (Wildman–Crippen MR) is 78.5 cm³/mol. The Hall–Kier alpha value is -1.55. The summed E-state index contributed by atoms with van der Waals surface area (Å²) in [5.74, 6) is 0.961. The molecule has 0 aliphatic carbocycles. The van der Waals surface area contributed by atoms with Crippen LogP contribution >= 0.6 is 0 Å². The maximum absolute atomic E-state index is 12.0. The molecule has 1 amide bonds. The van der Waals surface area contributed by atoms with Gasteiger partial charge in [0, 0.05) is 5.92 Å². The number of nitrogens with two attached hydrogens (primary N) is 1. The first-order valence-corrected chi connectivity index (χ1v) is 6.68. The first-order valence-electron chi connectivity index (χ1n) is 6.68. The van der Waals surface area contributed by atoms with Crippen LogP contribution in [0.1, 0.15) is 38.7 Å². The van der Waals surface area contributed by atoms with Crippen molar-refractivity contribution >= 4 is 11.6 Å². The van der Waals surface area contributed by atoms with Crippen LogP contribution in [0.15, 0.2) is 18.2 Å². The largest absolute Gasteiger partial charge is 0.495 e. The summed E-state index contributed by atoms with van der Waals surface area (Å²) in [5.41, 5.74) is 7.37. The quantitative estimate of drug-likeness (QED) is 0.830. The van der Waals surface area contributed by atoms with Crippen molar-refractivity contribution < 1.29 is 9.53 Å². The maximum atomic E-state index is 12.0. The fourth-order valence-corrected chi connectivity index (χ4v) is 1.82. The van der Waals surface area contributed by atoms with E-state index in [4.69, 9.17) is 10.5 Å². The number of methoxy groups -OCH3 is 1. The van der Waals surface area contributed by atoms with Gasteiger partial charge < -0.3 is 15.8 Å². The lowest BCUT2D eigenvalue weighted by Crippen LogP contribution is -2.23.